The van der Waals surface area contributed by atoms with Crippen LogP contribution in [0.15, 0.2) is 54.6 Å². The molecule has 0 radical (unpaired) electrons. The van der Waals surface area contributed by atoms with E-state index in [0.29, 0.717) is 12.2 Å². The number of hydrogen-bond acceptors (Lipinski definition) is 2. The summed E-state index contributed by atoms with van der Waals surface area (Å²) in [4.78, 5) is 12.0. The maximum Gasteiger partial charge on any atom is 0.244 e. The van der Waals surface area contributed by atoms with Crippen molar-refractivity contribution in [2.45, 2.75) is 12.5 Å². The number of carbonyl (C=O) groups is 1. The van der Waals surface area contributed by atoms with Gasteiger partial charge in [0.1, 0.15) is 11.6 Å². The van der Waals surface area contributed by atoms with Gasteiger partial charge in [0, 0.05) is 18.1 Å². The molecule has 3 nitrogen and oxygen atoms in total. The Kier molecular flexibility index (Phi) is 4.19. The van der Waals surface area contributed by atoms with Crippen LogP contribution in [0.3, 0.4) is 0 Å². The second-order valence-electron chi connectivity index (χ2n) is 5.12. The molecule has 0 spiro atoms. The Morgan fingerprint density at radius 3 is 2.95 bits per heavy atom. The Hall–Kier alpha value is -2.62. The molecule has 1 heterocycles. The zero-order valence-corrected chi connectivity index (χ0v) is 12.0. The zero-order valence-electron chi connectivity index (χ0n) is 12.0. The Balaban J connectivity index is 1.68. The molecule has 0 unspecified atom stereocenters. The Bertz CT molecular complexity index is 712. The first-order chi connectivity index (χ1) is 10.7. The molecule has 1 amide bonds. The molecule has 2 aromatic rings. The normalized spacial score (nSPS) is 16.9. The van der Waals surface area contributed by atoms with Crippen LogP contribution in [0.5, 0.6) is 5.75 Å². The number of rotatable bonds is 3. The lowest BCUT2D eigenvalue weighted by Crippen LogP contribution is -2.30. The van der Waals surface area contributed by atoms with Crippen molar-refractivity contribution in [1.82, 2.24) is 5.32 Å². The minimum Gasteiger partial charge on any atom is -0.493 e. The number of amides is 1. The van der Waals surface area contributed by atoms with Gasteiger partial charge in [-0.1, -0.05) is 30.3 Å². The van der Waals surface area contributed by atoms with E-state index in [4.69, 9.17) is 4.74 Å². The fourth-order valence-corrected chi connectivity index (χ4v) is 2.49. The van der Waals surface area contributed by atoms with Crippen molar-refractivity contribution >= 4 is 12.0 Å². The van der Waals surface area contributed by atoms with Crippen molar-refractivity contribution in [1.29, 1.82) is 0 Å². The summed E-state index contributed by atoms with van der Waals surface area (Å²) >= 11 is 0. The number of carbonyl (C=O) groups excluding carboxylic acids is 1. The minimum atomic E-state index is -0.319. The third-order valence-corrected chi connectivity index (χ3v) is 3.55. The second kappa shape index (κ2) is 6.43. The molecule has 0 fully saturated rings. The van der Waals surface area contributed by atoms with E-state index >= 15 is 0 Å². The molecule has 112 valence electrons. The van der Waals surface area contributed by atoms with Crippen LogP contribution < -0.4 is 10.1 Å². The van der Waals surface area contributed by atoms with Crippen LogP contribution in [0.1, 0.15) is 23.6 Å². The third kappa shape index (κ3) is 3.34. The molecule has 1 aliphatic heterocycles. The highest BCUT2D eigenvalue weighted by molar-refractivity contribution is 5.92. The molecule has 2 aromatic carbocycles. The van der Waals surface area contributed by atoms with Crippen molar-refractivity contribution in [3.63, 3.8) is 0 Å². The van der Waals surface area contributed by atoms with E-state index < -0.39 is 0 Å². The molecule has 1 atom stereocenters. The monoisotopic (exact) mass is 297 g/mol. The van der Waals surface area contributed by atoms with Gasteiger partial charge >= 0.3 is 0 Å². The predicted molar refractivity (Wildman–Crippen MR) is 82.9 cm³/mol. The predicted octanol–water partition coefficient (Wildman–Crippen LogP) is 3.48. The molecular weight excluding hydrogens is 281 g/mol. The Labute approximate surface area is 128 Å². The highest BCUT2D eigenvalue weighted by Crippen LogP contribution is 2.31. The molecule has 1 N–H and O–H groups in total. The van der Waals surface area contributed by atoms with Gasteiger partial charge in [0.05, 0.1) is 12.6 Å². The summed E-state index contributed by atoms with van der Waals surface area (Å²) < 4.78 is 18.6. The summed E-state index contributed by atoms with van der Waals surface area (Å²) in [7, 11) is 0. The van der Waals surface area contributed by atoms with Crippen LogP contribution in [-0.4, -0.2) is 12.5 Å². The molecule has 0 saturated heterocycles. The van der Waals surface area contributed by atoms with Crippen molar-refractivity contribution < 1.29 is 13.9 Å². The standard InChI is InChI=1S/C18H16FNO2/c19-14-5-3-4-13(12-14)8-9-18(21)20-16-10-11-22-17-7-2-1-6-15(16)17/h1-9,12,16H,10-11H2,(H,20,21)/b9-8+/t16-/m1/s1. The first kappa shape index (κ1) is 14.3. The number of benzene rings is 2. The zero-order chi connectivity index (χ0) is 15.4. The lowest BCUT2D eigenvalue weighted by molar-refractivity contribution is -0.117. The average Bonchev–Trinajstić information content (AvgIpc) is 2.53. The first-order valence-corrected chi connectivity index (χ1v) is 7.18. The van der Waals surface area contributed by atoms with Gasteiger partial charge in [-0.3, -0.25) is 4.79 Å². The van der Waals surface area contributed by atoms with E-state index in [1.807, 2.05) is 24.3 Å². The van der Waals surface area contributed by atoms with Gasteiger partial charge in [0.15, 0.2) is 0 Å². The summed E-state index contributed by atoms with van der Waals surface area (Å²) in [5.74, 6) is 0.292. The van der Waals surface area contributed by atoms with Gasteiger partial charge in [0.25, 0.3) is 0 Å². The van der Waals surface area contributed by atoms with Crippen LogP contribution >= 0.6 is 0 Å². The van der Waals surface area contributed by atoms with Crippen LogP contribution in [0.4, 0.5) is 4.39 Å². The number of fused-ring (bicyclic) bond motifs is 1. The highest BCUT2D eigenvalue weighted by atomic mass is 19.1. The van der Waals surface area contributed by atoms with E-state index in [1.165, 1.54) is 18.2 Å². The summed E-state index contributed by atoms with van der Waals surface area (Å²) in [6.45, 7) is 0.579. The number of halogens is 1. The van der Waals surface area contributed by atoms with Crippen molar-refractivity contribution in [2.75, 3.05) is 6.61 Å². The molecule has 1 aliphatic rings. The Morgan fingerprint density at radius 1 is 1.23 bits per heavy atom. The topological polar surface area (TPSA) is 38.3 Å². The van der Waals surface area contributed by atoms with Crippen LogP contribution in [-0.2, 0) is 4.79 Å². The van der Waals surface area contributed by atoms with Crippen LogP contribution in [0, 0.1) is 5.82 Å². The van der Waals surface area contributed by atoms with Crippen LogP contribution in [0.25, 0.3) is 6.08 Å². The summed E-state index contributed by atoms with van der Waals surface area (Å²) in [6, 6.07) is 13.7. The number of hydrogen-bond donors (Lipinski definition) is 1. The average molecular weight is 297 g/mol. The van der Waals surface area contributed by atoms with Gasteiger partial charge < -0.3 is 10.1 Å². The number of nitrogens with one attached hydrogen (secondary N) is 1. The molecule has 22 heavy (non-hydrogen) atoms. The molecule has 0 saturated carbocycles. The smallest absolute Gasteiger partial charge is 0.244 e. The van der Waals surface area contributed by atoms with Gasteiger partial charge in [0.2, 0.25) is 5.91 Å². The maximum atomic E-state index is 13.1. The first-order valence-electron chi connectivity index (χ1n) is 7.18. The quantitative estimate of drug-likeness (QED) is 0.881. The molecule has 4 heteroatoms. The molecular formula is C18H16FNO2. The lowest BCUT2D eigenvalue weighted by atomic mass is 10.0. The second-order valence-corrected chi connectivity index (χ2v) is 5.12. The minimum absolute atomic E-state index is 0.0605. The van der Waals surface area contributed by atoms with E-state index in [2.05, 4.69) is 5.32 Å². The van der Waals surface area contributed by atoms with Gasteiger partial charge in [-0.15, -0.1) is 0 Å². The maximum absolute atomic E-state index is 13.1. The molecule has 0 aromatic heterocycles. The summed E-state index contributed by atoms with van der Waals surface area (Å²) in [6.07, 6.45) is 3.76. The van der Waals surface area contributed by atoms with E-state index in [0.717, 1.165) is 17.7 Å². The Morgan fingerprint density at radius 2 is 2.09 bits per heavy atom. The van der Waals surface area contributed by atoms with E-state index in [-0.39, 0.29) is 17.8 Å². The van der Waals surface area contributed by atoms with Gasteiger partial charge in [-0.25, -0.2) is 4.39 Å². The van der Waals surface area contributed by atoms with E-state index in [1.54, 1.807) is 18.2 Å². The number of para-hydroxylation sites is 1. The van der Waals surface area contributed by atoms with Crippen molar-refractivity contribution in [3.8, 4) is 5.75 Å². The molecule has 3 rings (SSSR count). The van der Waals surface area contributed by atoms with Crippen LogP contribution in [0.2, 0.25) is 0 Å². The highest BCUT2D eigenvalue weighted by Gasteiger charge is 2.21. The lowest BCUT2D eigenvalue weighted by Gasteiger charge is -2.26. The van der Waals surface area contributed by atoms with E-state index in [9.17, 15) is 9.18 Å². The molecule has 0 bridgehead atoms. The summed E-state index contributed by atoms with van der Waals surface area (Å²) in [5, 5.41) is 2.96. The molecule has 0 aliphatic carbocycles. The van der Waals surface area contributed by atoms with Gasteiger partial charge in [-0.2, -0.15) is 0 Å². The number of ether oxygens (including phenoxy) is 1. The largest absolute Gasteiger partial charge is 0.493 e. The van der Waals surface area contributed by atoms with Crippen molar-refractivity contribution in [2.24, 2.45) is 0 Å². The SMILES string of the molecule is O=C(/C=C/c1cccc(F)c1)N[C@@H]1CCOc2ccccc21. The van der Waals surface area contributed by atoms with Gasteiger partial charge in [-0.05, 0) is 29.8 Å². The fraction of sp³-hybridized carbons (Fsp3) is 0.167. The fourth-order valence-electron chi connectivity index (χ4n) is 2.49. The van der Waals surface area contributed by atoms with Crippen molar-refractivity contribution in [3.05, 3.63) is 71.6 Å². The third-order valence-electron chi connectivity index (χ3n) is 3.55. The summed E-state index contributed by atoms with van der Waals surface area (Å²) in [5.41, 5.74) is 1.64.